The third-order valence-corrected chi connectivity index (χ3v) is 7.24. The molecule has 0 saturated heterocycles. The lowest BCUT2D eigenvalue weighted by Gasteiger charge is -2.22. The molecule has 1 aliphatic rings. The summed E-state index contributed by atoms with van der Waals surface area (Å²) in [5, 5.41) is 0. The lowest BCUT2D eigenvalue weighted by atomic mass is 9.85. The summed E-state index contributed by atoms with van der Waals surface area (Å²) in [5.41, 5.74) is 4.19. The largest absolute Gasteiger partial charge is 0.494 e. The Kier molecular flexibility index (Phi) is 12.5. The second-order valence-electron chi connectivity index (χ2n) is 10.2. The van der Waals surface area contributed by atoms with Crippen LogP contribution in [-0.4, -0.2) is 13.2 Å². The van der Waals surface area contributed by atoms with Crippen molar-refractivity contribution in [2.75, 3.05) is 13.2 Å². The molecule has 2 nitrogen and oxygen atoms in total. The van der Waals surface area contributed by atoms with Crippen LogP contribution in [0.1, 0.15) is 115 Å². The Balaban J connectivity index is 1.46. The van der Waals surface area contributed by atoms with E-state index in [0.717, 1.165) is 54.7 Å². The molecule has 3 heteroatoms. The fraction of sp³-hybridized carbons (Fsp3) is 0.625. The first-order valence-electron chi connectivity index (χ1n) is 14.4. The maximum absolute atomic E-state index is 15.2. The molecule has 194 valence electrons. The molecular weight excluding hydrogens is 435 g/mol. The van der Waals surface area contributed by atoms with E-state index < -0.39 is 0 Å². The summed E-state index contributed by atoms with van der Waals surface area (Å²) in [6.45, 7) is 5.87. The van der Waals surface area contributed by atoms with Crippen LogP contribution in [0.5, 0.6) is 11.5 Å². The maximum atomic E-state index is 15.2. The van der Waals surface area contributed by atoms with E-state index in [1.165, 1.54) is 76.2 Å². The van der Waals surface area contributed by atoms with E-state index in [2.05, 4.69) is 26.0 Å². The third kappa shape index (κ3) is 8.85. The number of ether oxygens (including phenoxy) is 2. The number of hydrogen-bond donors (Lipinski definition) is 0. The summed E-state index contributed by atoms with van der Waals surface area (Å²) in [4.78, 5) is 0. The van der Waals surface area contributed by atoms with Gasteiger partial charge in [-0.05, 0) is 66.1 Å². The van der Waals surface area contributed by atoms with Crippen LogP contribution in [0.25, 0.3) is 11.1 Å². The minimum atomic E-state index is -0.171. The second-order valence-corrected chi connectivity index (χ2v) is 10.2. The highest BCUT2D eigenvalue weighted by atomic mass is 19.1. The zero-order valence-electron chi connectivity index (χ0n) is 22.3. The van der Waals surface area contributed by atoms with Crippen LogP contribution >= 0.6 is 0 Å². The van der Waals surface area contributed by atoms with Crippen molar-refractivity contribution in [3.8, 4) is 22.6 Å². The number of rotatable bonds is 18. The van der Waals surface area contributed by atoms with Gasteiger partial charge < -0.3 is 9.47 Å². The number of aryl methyl sites for hydroxylation is 1. The van der Waals surface area contributed by atoms with Gasteiger partial charge >= 0.3 is 0 Å². The number of halogens is 1. The molecule has 0 spiro atoms. The van der Waals surface area contributed by atoms with Gasteiger partial charge in [0, 0.05) is 0 Å². The average Bonchev–Trinajstić information content (AvgIpc) is 2.88. The standard InChI is InChI=1S/C32H47FO2/c1-3-5-7-9-11-13-15-23-34-27-18-20-28-26(25-27)17-19-30-29(28)21-22-31(32(30)33)35-24-16-14-12-10-8-6-4-2/h18,20-22,25H,3-17,19,23-24H2,1-2H3. The molecule has 0 atom stereocenters. The minimum absolute atomic E-state index is 0.171. The van der Waals surface area contributed by atoms with Gasteiger partial charge in [-0.3, -0.25) is 0 Å². The fourth-order valence-corrected chi connectivity index (χ4v) is 5.09. The first kappa shape index (κ1) is 27.6. The molecule has 0 aliphatic heterocycles. The average molecular weight is 483 g/mol. The van der Waals surface area contributed by atoms with Gasteiger partial charge in [0.25, 0.3) is 0 Å². The van der Waals surface area contributed by atoms with Crippen molar-refractivity contribution >= 4 is 0 Å². The van der Waals surface area contributed by atoms with Crippen LogP contribution < -0.4 is 9.47 Å². The second kappa shape index (κ2) is 15.9. The molecule has 0 radical (unpaired) electrons. The Morgan fingerprint density at radius 3 is 1.86 bits per heavy atom. The van der Waals surface area contributed by atoms with E-state index in [1.54, 1.807) is 0 Å². The van der Waals surface area contributed by atoms with E-state index in [-0.39, 0.29) is 5.82 Å². The van der Waals surface area contributed by atoms with Gasteiger partial charge in [-0.25, -0.2) is 4.39 Å². The van der Waals surface area contributed by atoms with Gasteiger partial charge in [0.1, 0.15) is 5.75 Å². The highest BCUT2D eigenvalue weighted by Gasteiger charge is 2.22. The molecule has 3 rings (SSSR count). The van der Waals surface area contributed by atoms with Crippen molar-refractivity contribution in [3.63, 3.8) is 0 Å². The number of benzene rings is 2. The smallest absolute Gasteiger partial charge is 0.168 e. The van der Waals surface area contributed by atoms with Crippen molar-refractivity contribution in [2.45, 2.75) is 117 Å². The lowest BCUT2D eigenvalue weighted by Crippen LogP contribution is -2.09. The molecule has 0 aromatic heterocycles. The minimum Gasteiger partial charge on any atom is -0.494 e. The van der Waals surface area contributed by atoms with Crippen molar-refractivity contribution in [1.82, 2.24) is 0 Å². The Bertz CT molecular complexity index is 876. The molecule has 2 aromatic carbocycles. The fourth-order valence-electron chi connectivity index (χ4n) is 5.09. The molecule has 0 amide bonds. The van der Waals surface area contributed by atoms with E-state index in [0.29, 0.717) is 18.8 Å². The van der Waals surface area contributed by atoms with Crippen molar-refractivity contribution in [3.05, 3.63) is 47.3 Å². The van der Waals surface area contributed by atoms with Crippen molar-refractivity contribution in [2.24, 2.45) is 0 Å². The Hall–Kier alpha value is -2.03. The molecule has 35 heavy (non-hydrogen) atoms. The van der Waals surface area contributed by atoms with Crippen LogP contribution in [0.2, 0.25) is 0 Å². The summed E-state index contributed by atoms with van der Waals surface area (Å²) >= 11 is 0. The molecule has 0 unspecified atom stereocenters. The zero-order chi connectivity index (χ0) is 24.7. The van der Waals surface area contributed by atoms with Crippen molar-refractivity contribution < 1.29 is 13.9 Å². The SMILES string of the molecule is CCCCCCCCCOc1ccc2c(c1)CCc1c-2ccc(OCCCCCCCCC)c1F. The number of hydrogen-bond acceptors (Lipinski definition) is 2. The van der Waals surface area contributed by atoms with Crippen LogP contribution in [-0.2, 0) is 12.8 Å². The van der Waals surface area contributed by atoms with E-state index in [9.17, 15) is 0 Å². The summed E-state index contributed by atoms with van der Waals surface area (Å²) in [6, 6.07) is 10.2. The predicted octanol–water partition coefficient (Wildman–Crippen LogP) is 9.85. The van der Waals surface area contributed by atoms with Gasteiger partial charge in [0.2, 0.25) is 0 Å². The monoisotopic (exact) mass is 482 g/mol. The van der Waals surface area contributed by atoms with Crippen LogP contribution in [0.4, 0.5) is 4.39 Å². The summed E-state index contributed by atoms with van der Waals surface area (Å²) in [5.74, 6) is 1.18. The normalized spacial score (nSPS) is 12.3. The van der Waals surface area contributed by atoms with Crippen LogP contribution in [0.3, 0.4) is 0 Å². The number of unbranched alkanes of at least 4 members (excludes halogenated alkanes) is 12. The first-order chi connectivity index (χ1) is 17.2. The number of fused-ring (bicyclic) bond motifs is 3. The van der Waals surface area contributed by atoms with Gasteiger partial charge in [-0.2, -0.15) is 0 Å². The molecule has 0 saturated carbocycles. The van der Waals surface area contributed by atoms with Gasteiger partial charge in [-0.1, -0.05) is 103 Å². The highest BCUT2D eigenvalue weighted by molar-refractivity contribution is 5.75. The summed E-state index contributed by atoms with van der Waals surface area (Å²) in [6.07, 6.45) is 19.2. The van der Waals surface area contributed by atoms with E-state index >= 15 is 4.39 Å². The topological polar surface area (TPSA) is 18.5 Å². The molecule has 1 aliphatic carbocycles. The van der Waals surface area contributed by atoms with Gasteiger partial charge in [-0.15, -0.1) is 0 Å². The van der Waals surface area contributed by atoms with Crippen molar-refractivity contribution in [1.29, 1.82) is 0 Å². The Morgan fingerprint density at radius 2 is 1.20 bits per heavy atom. The Morgan fingerprint density at radius 1 is 0.629 bits per heavy atom. The van der Waals surface area contributed by atoms with Gasteiger partial charge in [0.15, 0.2) is 11.6 Å². The predicted molar refractivity (Wildman–Crippen MR) is 146 cm³/mol. The lowest BCUT2D eigenvalue weighted by molar-refractivity contribution is 0.289. The van der Waals surface area contributed by atoms with Crippen LogP contribution in [0.15, 0.2) is 30.3 Å². The zero-order valence-corrected chi connectivity index (χ0v) is 22.3. The summed E-state index contributed by atoms with van der Waals surface area (Å²) in [7, 11) is 0. The van der Waals surface area contributed by atoms with Gasteiger partial charge in [0.05, 0.1) is 13.2 Å². The first-order valence-corrected chi connectivity index (χ1v) is 14.4. The third-order valence-electron chi connectivity index (χ3n) is 7.24. The molecule has 0 bridgehead atoms. The van der Waals surface area contributed by atoms with Crippen LogP contribution in [0, 0.1) is 5.82 Å². The maximum Gasteiger partial charge on any atom is 0.168 e. The molecular formula is C32H47FO2. The highest BCUT2D eigenvalue weighted by Crippen LogP contribution is 2.39. The molecule has 2 aromatic rings. The van der Waals surface area contributed by atoms with E-state index in [1.807, 2.05) is 18.2 Å². The molecule has 0 heterocycles. The molecule has 0 fully saturated rings. The quantitative estimate of drug-likeness (QED) is 0.197. The molecule has 0 N–H and O–H groups in total. The van der Waals surface area contributed by atoms with E-state index in [4.69, 9.17) is 9.47 Å². The Labute approximate surface area is 213 Å². The summed E-state index contributed by atoms with van der Waals surface area (Å²) < 4.78 is 27.1.